The molecule has 0 aliphatic carbocycles. The average molecular weight is 395 g/mol. The molecule has 0 saturated heterocycles. The molecule has 3 rings (SSSR count). The highest BCUT2D eigenvalue weighted by molar-refractivity contribution is 5.79. The van der Waals surface area contributed by atoms with E-state index in [1.54, 1.807) is 0 Å². The summed E-state index contributed by atoms with van der Waals surface area (Å²) >= 11 is 0. The molecule has 29 heavy (non-hydrogen) atoms. The minimum Gasteiger partial charge on any atom is -0.359 e. The number of benzene rings is 1. The van der Waals surface area contributed by atoms with Gasteiger partial charge >= 0.3 is 0 Å². The van der Waals surface area contributed by atoms with Crippen LogP contribution in [-0.4, -0.2) is 27.2 Å². The van der Waals surface area contributed by atoms with E-state index in [0.717, 1.165) is 42.7 Å². The van der Waals surface area contributed by atoms with Gasteiger partial charge in [0.25, 0.3) is 0 Å². The van der Waals surface area contributed by atoms with Gasteiger partial charge in [-0.1, -0.05) is 49.3 Å². The monoisotopic (exact) mass is 394 g/mol. The first kappa shape index (κ1) is 20.6. The van der Waals surface area contributed by atoms with E-state index in [1.165, 1.54) is 5.56 Å². The third-order valence-electron chi connectivity index (χ3n) is 4.61. The second kappa shape index (κ2) is 10.5. The molecule has 2 aromatic heterocycles. The molecule has 0 radical (unpaired) electrons. The lowest BCUT2D eigenvalue weighted by molar-refractivity contribution is 0.372. The van der Waals surface area contributed by atoms with Crippen molar-refractivity contribution >= 4 is 5.96 Å². The first-order valence-electron chi connectivity index (χ1n) is 10.2. The van der Waals surface area contributed by atoms with E-state index in [4.69, 9.17) is 4.52 Å². The first-order valence-corrected chi connectivity index (χ1v) is 10.2. The molecule has 2 N–H and O–H groups in total. The quantitative estimate of drug-likeness (QED) is 0.429. The Hall–Kier alpha value is -3.09. The Bertz CT molecular complexity index is 897. The predicted octanol–water partition coefficient (Wildman–Crippen LogP) is 3.49. The topological polar surface area (TPSA) is 80.3 Å². The number of hydrogen-bond donors (Lipinski definition) is 2. The third kappa shape index (κ3) is 6.20. The van der Waals surface area contributed by atoms with Gasteiger partial charge in [-0.3, -0.25) is 0 Å². The lowest BCUT2D eigenvalue weighted by Gasteiger charge is -2.11. The highest BCUT2D eigenvalue weighted by Gasteiger charge is 2.09. The van der Waals surface area contributed by atoms with Crippen LogP contribution in [0.25, 0.3) is 0 Å². The Morgan fingerprint density at radius 3 is 2.76 bits per heavy atom. The molecular formula is C22H30N6O. The molecule has 0 spiro atoms. The molecule has 2 heterocycles. The minimum absolute atomic E-state index is 0.351. The molecular weight excluding hydrogens is 364 g/mol. The van der Waals surface area contributed by atoms with Gasteiger partial charge in [0, 0.05) is 31.5 Å². The van der Waals surface area contributed by atoms with Crippen molar-refractivity contribution in [1.29, 1.82) is 0 Å². The second-order valence-electron chi connectivity index (χ2n) is 7.19. The number of guanidine groups is 1. The normalized spacial score (nSPS) is 11.8. The summed E-state index contributed by atoms with van der Waals surface area (Å²) in [5, 5.41) is 10.7. The molecule has 7 heteroatoms. The zero-order valence-corrected chi connectivity index (χ0v) is 17.4. The molecule has 0 aliphatic rings. The smallest absolute Gasteiger partial charge is 0.192 e. The summed E-state index contributed by atoms with van der Waals surface area (Å²) in [5.41, 5.74) is 2.28. The SMILES string of the molecule is CCNC(=NCc1nccn1CCc1ccccc1)NCc1cc(C(C)C)no1. The summed E-state index contributed by atoms with van der Waals surface area (Å²) in [4.78, 5) is 9.15. The number of aryl methyl sites for hydroxylation is 2. The molecule has 154 valence electrons. The zero-order chi connectivity index (χ0) is 20.5. The molecule has 0 fully saturated rings. The lowest BCUT2D eigenvalue weighted by Crippen LogP contribution is -2.36. The number of hydrogen-bond acceptors (Lipinski definition) is 4. The Morgan fingerprint density at radius 2 is 2.03 bits per heavy atom. The van der Waals surface area contributed by atoms with Crippen molar-refractivity contribution in [2.24, 2.45) is 4.99 Å². The van der Waals surface area contributed by atoms with Crippen LogP contribution in [0.4, 0.5) is 0 Å². The van der Waals surface area contributed by atoms with Crippen LogP contribution < -0.4 is 10.6 Å². The van der Waals surface area contributed by atoms with E-state index in [2.05, 4.69) is 68.4 Å². The fraction of sp³-hybridized carbons (Fsp3) is 0.409. The molecule has 0 atom stereocenters. The van der Waals surface area contributed by atoms with Crippen molar-refractivity contribution < 1.29 is 4.52 Å². The Kier molecular flexibility index (Phi) is 7.44. The van der Waals surface area contributed by atoms with E-state index in [0.29, 0.717) is 19.0 Å². The maximum absolute atomic E-state index is 5.39. The molecule has 1 aromatic carbocycles. The van der Waals surface area contributed by atoms with Gasteiger partial charge < -0.3 is 19.7 Å². The fourth-order valence-corrected chi connectivity index (χ4v) is 2.94. The summed E-state index contributed by atoms with van der Waals surface area (Å²) < 4.78 is 7.54. The predicted molar refractivity (Wildman–Crippen MR) is 115 cm³/mol. The average Bonchev–Trinajstić information content (AvgIpc) is 3.39. The molecule has 0 saturated carbocycles. The van der Waals surface area contributed by atoms with Crippen molar-refractivity contribution in [3.63, 3.8) is 0 Å². The van der Waals surface area contributed by atoms with Crippen molar-refractivity contribution in [3.05, 3.63) is 71.6 Å². The molecule has 0 amide bonds. The Morgan fingerprint density at radius 1 is 1.21 bits per heavy atom. The maximum Gasteiger partial charge on any atom is 0.192 e. The third-order valence-corrected chi connectivity index (χ3v) is 4.61. The van der Waals surface area contributed by atoms with Gasteiger partial charge in [-0.25, -0.2) is 9.98 Å². The van der Waals surface area contributed by atoms with E-state index in [1.807, 2.05) is 31.5 Å². The Labute approximate surface area is 172 Å². The minimum atomic E-state index is 0.351. The molecule has 0 bridgehead atoms. The molecule has 7 nitrogen and oxygen atoms in total. The van der Waals surface area contributed by atoms with E-state index >= 15 is 0 Å². The highest BCUT2D eigenvalue weighted by Crippen LogP contribution is 2.13. The van der Waals surface area contributed by atoms with Gasteiger partial charge in [-0.15, -0.1) is 0 Å². The summed E-state index contributed by atoms with van der Waals surface area (Å²) in [6, 6.07) is 12.5. The van der Waals surface area contributed by atoms with E-state index in [9.17, 15) is 0 Å². The van der Waals surface area contributed by atoms with Crippen LogP contribution in [0.1, 0.15) is 49.5 Å². The van der Waals surface area contributed by atoms with Gasteiger partial charge in [-0.2, -0.15) is 0 Å². The summed E-state index contributed by atoms with van der Waals surface area (Å²) in [6.07, 6.45) is 4.81. The van der Waals surface area contributed by atoms with Gasteiger partial charge in [0.2, 0.25) is 0 Å². The van der Waals surface area contributed by atoms with Crippen LogP contribution in [-0.2, 0) is 26.1 Å². The standard InChI is InChI=1S/C22H30N6O/c1-4-23-22(25-15-19-14-20(17(2)3)27-29-19)26-16-21-24-11-13-28(21)12-10-18-8-6-5-7-9-18/h5-9,11,13-14,17H,4,10,12,15-16H2,1-3H3,(H2,23,25,26). The van der Waals surface area contributed by atoms with Gasteiger partial charge in [-0.05, 0) is 24.8 Å². The fourth-order valence-electron chi connectivity index (χ4n) is 2.94. The summed E-state index contributed by atoms with van der Waals surface area (Å²) in [5.74, 6) is 2.82. The number of rotatable bonds is 9. The van der Waals surface area contributed by atoms with Crippen molar-refractivity contribution in [1.82, 2.24) is 25.3 Å². The van der Waals surface area contributed by atoms with Gasteiger partial charge in [0.05, 0.1) is 12.2 Å². The number of nitrogens with one attached hydrogen (secondary N) is 2. The van der Waals surface area contributed by atoms with Crippen molar-refractivity contribution in [2.75, 3.05) is 6.54 Å². The molecule has 0 unspecified atom stereocenters. The first-order chi connectivity index (χ1) is 14.2. The van der Waals surface area contributed by atoms with Crippen LogP contribution in [0.2, 0.25) is 0 Å². The zero-order valence-electron chi connectivity index (χ0n) is 17.4. The summed E-state index contributed by atoms with van der Waals surface area (Å²) in [7, 11) is 0. The van der Waals surface area contributed by atoms with Crippen LogP contribution >= 0.6 is 0 Å². The van der Waals surface area contributed by atoms with Crippen molar-refractivity contribution in [3.8, 4) is 0 Å². The second-order valence-corrected chi connectivity index (χ2v) is 7.19. The number of aromatic nitrogens is 3. The maximum atomic E-state index is 5.39. The van der Waals surface area contributed by atoms with Crippen molar-refractivity contribution in [2.45, 2.75) is 52.7 Å². The highest BCUT2D eigenvalue weighted by atomic mass is 16.5. The number of imidazole rings is 1. The molecule has 0 aliphatic heterocycles. The number of nitrogens with zero attached hydrogens (tertiary/aromatic N) is 4. The largest absolute Gasteiger partial charge is 0.359 e. The van der Waals surface area contributed by atoms with Crippen LogP contribution in [0.15, 0.2) is 58.3 Å². The van der Waals surface area contributed by atoms with Gasteiger partial charge in [0.1, 0.15) is 12.4 Å². The lowest BCUT2D eigenvalue weighted by atomic mass is 10.1. The van der Waals surface area contributed by atoms with Crippen LogP contribution in [0, 0.1) is 0 Å². The van der Waals surface area contributed by atoms with E-state index in [-0.39, 0.29) is 0 Å². The molecule has 3 aromatic rings. The Balaban J connectivity index is 1.57. The summed E-state index contributed by atoms with van der Waals surface area (Å²) in [6.45, 7) is 8.94. The van der Waals surface area contributed by atoms with Crippen LogP contribution in [0.3, 0.4) is 0 Å². The number of aliphatic imine (C=N–C) groups is 1. The van der Waals surface area contributed by atoms with Crippen LogP contribution in [0.5, 0.6) is 0 Å². The van der Waals surface area contributed by atoms with Gasteiger partial charge in [0.15, 0.2) is 11.7 Å². The van der Waals surface area contributed by atoms with E-state index < -0.39 is 0 Å².